The van der Waals surface area contributed by atoms with Crippen LogP contribution < -0.4 is 0 Å². The van der Waals surface area contributed by atoms with Gasteiger partial charge in [0.2, 0.25) is 0 Å². The Balaban J connectivity index is 2.74. The first-order valence-corrected chi connectivity index (χ1v) is 4.98. The fraction of sp³-hybridized carbons (Fsp3) is 0.0909. The average molecular weight is 269 g/mol. The zero-order valence-corrected chi connectivity index (χ0v) is 9.65. The van der Waals surface area contributed by atoms with Gasteiger partial charge < -0.3 is 4.74 Å². The van der Waals surface area contributed by atoms with Crippen LogP contribution in [0.4, 0.5) is 0 Å². The van der Waals surface area contributed by atoms with E-state index in [1.807, 2.05) is 24.3 Å². The zero-order valence-electron chi connectivity index (χ0n) is 8.07. The lowest BCUT2D eigenvalue weighted by Gasteiger charge is -1.94. The predicted molar refractivity (Wildman–Crippen MR) is 60.2 cm³/mol. The Morgan fingerprint density at radius 1 is 1.40 bits per heavy atom. The maximum atomic E-state index is 11.1. The normalized spacial score (nSPS) is 10.3. The average Bonchev–Trinajstić information content (AvgIpc) is 2.25. The summed E-state index contributed by atoms with van der Waals surface area (Å²) in [5, 5.41) is 0. The van der Waals surface area contributed by atoms with E-state index >= 15 is 0 Å². The van der Waals surface area contributed by atoms with Gasteiger partial charge in [-0.15, -0.1) is 0 Å². The summed E-state index contributed by atoms with van der Waals surface area (Å²) in [5.41, 5.74) is 0.835. The van der Waals surface area contributed by atoms with E-state index in [-0.39, 0.29) is 0 Å². The molecule has 0 aliphatic heterocycles. The second-order valence-electron chi connectivity index (χ2n) is 2.74. The molecule has 1 aromatic rings. The van der Waals surface area contributed by atoms with Crippen molar-refractivity contribution in [2.75, 3.05) is 7.11 Å². The molecule has 0 heterocycles. The molecule has 0 amide bonds. The van der Waals surface area contributed by atoms with Crippen molar-refractivity contribution in [3.05, 3.63) is 40.4 Å². The lowest BCUT2D eigenvalue weighted by Crippen LogP contribution is -2.11. The van der Waals surface area contributed by atoms with Gasteiger partial charge in [-0.25, -0.2) is 4.79 Å². The van der Waals surface area contributed by atoms with Gasteiger partial charge in [-0.2, -0.15) is 0 Å². The van der Waals surface area contributed by atoms with Gasteiger partial charge in [0.25, 0.3) is 5.78 Å². The van der Waals surface area contributed by atoms with Crippen LogP contribution in [-0.2, 0) is 14.3 Å². The van der Waals surface area contributed by atoms with E-state index in [9.17, 15) is 9.59 Å². The summed E-state index contributed by atoms with van der Waals surface area (Å²) < 4.78 is 5.19. The van der Waals surface area contributed by atoms with Crippen molar-refractivity contribution < 1.29 is 14.3 Å². The summed E-state index contributed by atoms with van der Waals surface area (Å²) >= 11 is 3.30. The molecule has 0 unspecified atom stereocenters. The lowest BCUT2D eigenvalue weighted by molar-refractivity contribution is -0.149. The van der Waals surface area contributed by atoms with Gasteiger partial charge in [0.15, 0.2) is 0 Å². The maximum absolute atomic E-state index is 11.1. The SMILES string of the molecule is COC(=O)C(=O)/C=C/c1cccc(Br)c1. The highest BCUT2D eigenvalue weighted by atomic mass is 79.9. The minimum absolute atomic E-state index is 0.669. The van der Waals surface area contributed by atoms with Gasteiger partial charge >= 0.3 is 5.97 Å². The Morgan fingerprint density at radius 2 is 2.13 bits per heavy atom. The van der Waals surface area contributed by atoms with Crippen LogP contribution in [0.2, 0.25) is 0 Å². The molecule has 0 saturated carbocycles. The summed E-state index contributed by atoms with van der Waals surface area (Å²) in [7, 11) is 1.17. The first-order chi connectivity index (χ1) is 7.13. The van der Waals surface area contributed by atoms with Crippen molar-refractivity contribution in [3.63, 3.8) is 0 Å². The number of carbonyl (C=O) groups is 2. The number of carbonyl (C=O) groups excluding carboxylic acids is 2. The second-order valence-corrected chi connectivity index (χ2v) is 3.66. The number of methoxy groups -OCH3 is 1. The van der Waals surface area contributed by atoms with Gasteiger partial charge in [-0.1, -0.05) is 34.1 Å². The molecule has 0 atom stereocenters. The van der Waals surface area contributed by atoms with Crippen LogP contribution in [-0.4, -0.2) is 18.9 Å². The van der Waals surface area contributed by atoms with Gasteiger partial charge in [0, 0.05) is 4.47 Å². The van der Waals surface area contributed by atoms with Crippen molar-refractivity contribution in [1.29, 1.82) is 0 Å². The highest BCUT2D eigenvalue weighted by molar-refractivity contribution is 9.10. The molecule has 1 aromatic carbocycles. The Hall–Kier alpha value is -1.42. The van der Waals surface area contributed by atoms with E-state index in [4.69, 9.17) is 0 Å². The minimum Gasteiger partial charge on any atom is -0.463 e. The topological polar surface area (TPSA) is 43.4 Å². The van der Waals surface area contributed by atoms with E-state index in [0.717, 1.165) is 10.0 Å². The predicted octanol–water partition coefficient (Wildman–Crippen LogP) is 2.20. The summed E-state index contributed by atoms with van der Waals surface area (Å²) in [6.45, 7) is 0. The van der Waals surface area contributed by atoms with Gasteiger partial charge in [-0.3, -0.25) is 4.79 Å². The van der Waals surface area contributed by atoms with Crippen LogP contribution in [0.1, 0.15) is 5.56 Å². The molecule has 0 spiro atoms. The number of ketones is 1. The third-order valence-corrected chi connectivity index (χ3v) is 2.16. The number of benzene rings is 1. The number of hydrogen-bond donors (Lipinski definition) is 0. The van der Waals surface area contributed by atoms with E-state index in [2.05, 4.69) is 20.7 Å². The first-order valence-electron chi connectivity index (χ1n) is 4.19. The molecule has 0 aliphatic carbocycles. The van der Waals surface area contributed by atoms with Crippen molar-refractivity contribution in [3.8, 4) is 0 Å². The van der Waals surface area contributed by atoms with Crippen LogP contribution in [0.25, 0.3) is 6.08 Å². The fourth-order valence-corrected chi connectivity index (χ4v) is 1.37. The second kappa shape index (κ2) is 5.46. The molecule has 0 radical (unpaired) electrons. The first kappa shape index (κ1) is 11.7. The number of rotatable bonds is 3. The van der Waals surface area contributed by atoms with Crippen molar-refractivity contribution >= 4 is 33.8 Å². The molecule has 78 valence electrons. The highest BCUT2D eigenvalue weighted by Crippen LogP contribution is 2.12. The largest absolute Gasteiger partial charge is 0.463 e. The molecule has 0 aliphatic rings. The molecule has 1 rings (SSSR count). The van der Waals surface area contributed by atoms with Crippen LogP contribution in [0, 0.1) is 0 Å². The van der Waals surface area contributed by atoms with Crippen molar-refractivity contribution in [1.82, 2.24) is 0 Å². The Kier molecular flexibility index (Phi) is 4.24. The van der Waals surface area contributed by atoms with Crippen molar-refractivity contribution in [2.24, 2.45) is 0 Å². The lowest BCUT2D eigenvalue weighted by atomic mass is 10.2. The van der Waals surface area contributed by atoms with Crippen molar-refractivity contribution in [2.45, 2.75) is 0 Å². The fourth-order valence-electron chi connectivity index (χ4n) is 0.951. The summed E-state index contributed by atoms with van der Waals surface area (Å²) in [5.74, 6) is -1.53. The number of ether oxygens (including phenoxy) is 1. The number of halogens is 1. The monoisotopic (exact) mass is 268 g/mol. The molecule has 0 bridgehead atoms. The molecular weight excluding hydrogens is 260 g/mol. The Labute approximate surface area is 95.9 Å². The van der Waals surface area contributed by atoms with Crippen LogP contribution >= 0.6 is 15.9 Å². The molecule has 0 saturated heterocycles. The summed E-state index contributed by atoms with van der Waals surface area (Å²) in [4.78, 5) is 21.8. The van der Waals surface area contributed by atoms with Gasteiger partial charge in [-0.05, 0) is 23.8 Å². The van der Waals surface area contributed by atoms with Gasteiger partial charge in [0.05, 0.1) is 7.11 Å². The van der Waals surface area contributed by atoms with E-state index in [0.29, 0.717) is 0 Å². The minimum atomic E-state index is -0.860. The zero-order chi connectivity index (χ0) is 11.3. The standard InChI is InChI=1S/C11H9BrO3/c1-15-11(14)10(13)6-5-8-3-2-4-9(12)7-8/h2-7H,1H3/b6-5+. The Morgan fingerprint density at radius 3 is 2.73 bits per heavy atom. The molecular formula is C11H9BrO3. The third kappa shape index (κ3) is 3.67. The molecule has 0 aromatic heterocycles. The quantitative estimate of drug-likeness (QED) is 0.480. The van der Waals surface area contributed by atoms with Crippen LogP contribution in [0.3, 0.4) is 0 Å². The molecule has 0 fully saturated rings. The van der Waals surface area contributed by atoms with E-state index < -0.39 is 11.8 Å². The molecule has 15 heavy (non-hydrogen) atoms. The molecule has 4 heteroatoms. The highest BCUT2D eigenvalue weighted by Gasteiger charge is 2.08. The number of esters is 1. The third-order valence-electron chi connectivity index (χ3n) is 1.66. The maximum Gasteiger partial charge on any atom is 0.378 e. The Bertz CT molecular complexity index is 410. The van der Waals surface area contributed by atoms with Crippen LogP contribution in [0.15, 0.2) is 34.8 Å². The van der Waals surface area contributed by atoms with Crippen LogP contribution in [0.5, 0.6) is 0 Å². The smallest absolute Gasteiger partial charge is 0.378 e. The number of hydrogen-bond acceptors (Lipinski definition) is 3. The summed E-state index contributed by atoms with van der Waals surface area (Å²) in [6, 6.07) is 7.37. The van der Waals surface area contributed by atoms with E-state index in [1.54, 1.807) is 6.08 Å². The molecule has 3 nitrogen and oxygen atoms in total. The summed E-state index contributed by atoms with van der Waals surface area (Å²) in [6.07, 6.45) is 2.75. The molecule has 0 N–H and O–H groups in total. The van der Waals surface area contributed by atoms with E-state index in [1.165, 1.54) is 13.2 Å². The van der Waals surface area contributed by atoms with Gasteiger partial charge in [0.1, 0.15) is 0 Å².